The number of nitrogens with zero attached hydrogens (tertiary/aromatic N) is 1. The molecule has 0 spiro atoms. The highest BCUT2D eigenvalue weighted by Gasteiger charge is 2.23. The normalized spacial score (nSPS) is 15.2. The Hall–Kier alpha value is -3.15. The van der Waals surface area contributed by atoms with Crippen LogP contribution in [0.4, 0.5) is 0 Å². The maximum absolute atomic E-state index is 12.8. The summed E-state index contributed by atoms with van der Waals surface area (Å²) in [5.74, 6) is 0.769. The summed E-state index contributed by atoms with van der Waals surface area (Å²) >= 11 is 0. The smallest absolute Gasteiger partial charge is 0.251 e. The fourth-order valence-corrected chi connectivity index (χ4v) is 3.86. The number of benzene rings is 3. The molecule has 1 fully saturated rings. The molecule has 4 rings (SSSR count). The molecule has 0 aromatic heterocycles. The van der Waals surface area contributed by atoms with Crippen LogP contribution in [0.25, 0.3) is 0 Å². The van der Waals surface area contributed by atoms with E-state index in [1.165, 1.54) is 11.1 Å². The number of para-hydroxylation sites is 1. The van der Waals surface area contributed by atoms with Gasteiger partial charge in [-0.1, -0.05) is 60.2 Å². The first-order valence-electron chi connectivity index (χ1n) is 11.1. The molecular formula is C27H30N2O3. The molecule has 5 heteroatoms. The highest BCUT2D eigenvalue weighted by molar-refractivity contribution is 5.94. The van der Waals surface area contributed by atoms with Crippen LogP contribution < -0.4 is 10.1 Å². The molecule has 0 saturated carbocycles. The van der Waals surface area contributed by atoms with Gasteiger partial charge in [0.2, 0.25) is 0 Å². The van der Waals surface area contributed by atoms with E-state index >= 15 is 0 Å². The van der Waals surface area contributed by atoms with Crippen molar-refractivity contribution in [1.29, 1.82) is 0 Å². The van der Waals surface area contributed by atoms with E-state index in [4.69, 9.17) is 9.47 Å². The Kier molecular flexibility index (Phi) is 7.54. The van der Waals surface area contributed by atoms with Crippen molar-refractivity contribution >= 4 is 5.91 Å². The molecule has 0 bridgehead atoms. The Morgan fingerprint density at radius 3 is 2.34 bits per heavy atom. The summed E-state index contributed by atoms with van der Waals surface area (Å²) in [7, 11) is 0. The van der Waals surface area contributed by atoms with Crippen molar-refractivity contribution in [3.05, 3.63) is 101 Å². The number of hydrogen-bond donors (Lipinski definition) is 1. The minimum Gasteiger partial charge on any atom is -0.489 e. The molecule has 32 heavy (non-hydrogen) atoms. The number of hydrogen-bond acceptors (Lipinski definition) is 4. The van der Waals surface area contributed by atoms with Gasteiger partial charge in [-0.05, 0) is 42.3 Å². The summed E-state index contributed by atoms with van der Waals surface area (Å²) in [5.41, 5.74) is 4.12. The van der Waals surface area contributed by atoms with Crippen LogP contribution in [0.3, 0.4) is 0 Å². The number of rotatable bonds is 8. The van der Waals surface area contributed by atoms with Crippen LogP contribution in [-0.2, 0) is 11.3 Å². The Labute approximate surface area is 190 Å². The second-order valence-electron chi connectivity index (χ2n) is 8.08. The third kappa shape index (κ3) is 5.96. The zero-order chi connectivity index (χ0) is 22.2. The highest BCUT2D eigenvalue weighted by Crippen LogP contribution is 2.22. The van der Waals surface area contributed by atoms with Crippen molar-refractivity contribution in [3.63, 3.8) is 0 Å². The minimum atomic E-state index is -0.0640. The zero-order valence-electron chi connectivity index (χ0n) is 18.5. The quantitative estimate of drug-likeness (QED) is 0.576. The van der Waals surface area contributed by atoms with E-state index in [1.807, 2.05) is 54.6 Å². The SMILES string of the molecule is Cc1ccc(C(CNC(=O)c2ccc(COc3ccccc3)cc2)N2CCOCC2)cc1. The van der Waals surface area contributed by atoms with Gasteiger partial charge in [0, 0.05) is 25.2 Å². The summed E-state index contributed by atoms with van der Waals surface area (Å²) in [6.45, 7) is 6.30. The molecule has 1 heterocycles. The molecular weight excluding hydrogens is 400 g/mol. The van der Waals surface area contributed by atoms with Crippen LogP contribution in [-0.4, -0.2) is 43.7 Å². The molecule has 1 aliphatic heterocycles. The Balaban J connectivity index is 1.36. The highest BCUT2D eigenvalue weighted by atomic mass is 16.5. The van der Waals surface area contributed by atoms with Crippen LogP contribution >= 0.6 is 0 Å². The minimum absolute atomic E-state index is 0.0640. The third-order valence-corrected chi connectivity index (χ3v) is 5.77. The third-order valence-electron chi connectivity index (χ3n) is 5.77. The molecule has 1 unspecified atom stereocenters. The summed E-state index contributed by atoms with van der Waals surface area (Å²) in [4.78, 5) is 15.2. The largest absolute Gasteiger partial charge is 0.489 e. The summed E-state index contributed by atoms with van der Waals surface area (Å²) in [6.07, 6.45) is 0. The molecule has 3 aromatic rings. The van der Waals surface area contributed by atoms with Gasteiger partial charge in [-0.15, -0.1) is 0 Å². The molecule has 0 radical (unpaired) electrons. The van der Waals surface area contributed by atoms with Crippen LogP contribution in [0.1, 0.15) is 33.1 Å². The Bertz CT molecular complexity index is 982. The fourth-order valence-electron chi connectivity index (χ4n) is 3.86. The number of nitrogens with one attached hydrogen (secondary N) is 1. The van der Waals surface area contributed by atoms with Crippen LogP contribution in [0.5, 0.6) is 5.75 Å². The lowest BCUT2D eigenvalue weighted by Crippen LogP contribution is -2.43. The number of ether oxygens (including phenoxy) is 2. The van der Waals surface area contributed by atoms with E-state index in [2.05, 4.69) is 41.4 Å². The van der Waals surface area contributed by atoms with Crippen molar-refractivity contribution in [2.24, 2.45) is 0 Å². The number of morpholine rings is 1. The average Bonchev–Trinajstić information content (AvgIpc) is 2.85. The lowest BCUT2D eigenvalue weighted by molar-refractivity contribution is 0.0162. The van der Waals surface area contributed by atoms with Crippen LogP contribution in [0, 0.1) is 6.92 Å². The fraction of sp³-hybridized carbons (Fsp3) is 0.296. The van der Waals surface area contributed by atoms with E-state index in [0.29, 0.717) is 18.7 Å². The zero-order valence-corrected chi connectivity index (χ0v) is 18.5. The van der Waals surface area contributed by atoms with E-state index < -0.39 is 0 Å². The predicted octanol–water partition coefficient (Wildman–Crippen LogP) is 4.38. The summed E-state index contributed by atoms with van der Waals surface area (Å²) < 4.78 is 11.3. The van der Waals surface area contributed by atoms with Gasteiger partial charge in [-0.2, -0.15) is 0 Å². The van der Waals surface area contributed by atoms with Gasteiger partial charge < -0.3 is 14.8 Å². The topological polar surface area (TPSA) is 50.8 Å². The van der Waals surface area contributed by atoms with E-state index in [9.17, 15) is 4.79 Å². The molecule has 166 valence electrons. The molecule has 3 aromatic carbocycles. The molecule has 1 N–H and O–H groups in total. The molecule has 1 saturated heterocycles. The maximum atomic E-state index is 12.8. The summed E-state index contributed by atoms with van der Waals surface area (Å²) in [6, 6.07) is 26.0. The number of carbonyl (C=O) groups excluding carboxylic acids is 1. The average molecular weight is 431 g/mol. The van der Waals surface area contributed by atoms with E-state index in [-0.39, 0.29) is 11.9 Å². The first kappa shape index (κ1) is 22.1. The molecule has 1 aliphatic rings. The van der Waals surface area contributed by atoms with E-state index in [0.717, 1.165) is 37.6 Å². The monoisotopic (exact) mass is 430 g/mol. The molecule has 5 nitrogen and oxygen atoms in total. The van der Waals surface area contributed by atoms with Crippen molar-refractivity contribution in [3.8, 4) is 5.75 Å². The van der Waals surface area contributed by atoms with Crippen LogP contribution in [0.15, 0.2) is 78.9 Å². The predicted molar refractivity (Wildman–Crippen MR) is 126 cm³/mol. The van der Waals surface area contributed by atoms with Gasteiger partial charge in [0.15, 0.2) is 0 Å². The van der Waals surface area contributed by atoms with Gasteiger partial charge in [-0.3, -0.25) is 9.69 Å². The number of carbonyl (C=O) groups is 1. The first-order valence-corrected chi connectivity index (χ1v) is 11.1. The van der Waals surface area contributed by atoms with Gasteiger partial charge in [0.25, 0.3) is 5.91 Å². The number of aryl methyl sites for hydroxylation is 1. The summed E-state index contributed by atoms with van der Waals surface area (Å²) in [5, 5.41) is 3.13. The van der Waals surface area contributed by atoms with Crippen LogP contribution in [0.2, 0.25) is 0 Å². The lowest BCUT2D eigenvalue weighted by Gasteiger charge is -2.35. The molecule has 1 amide bonds. The first-order chi connectivity index (χ1) is 15.7. The lowest BCUT2D eigenvalue weighted by atomic mass is 10.0. The van der Waals surface area contributed by atoms with Crippen molar-refractivity contribution in [2.45, 2.75) is 19.6 Å². The van der Waals surface area contributed by atoms with Gasteiger partial charge in [-0.25, -0.2) is 0 Å². The maximum Gasteiger partial charge on any atom is 0.251 e. The second-order valence-corrected chi connectivity index (χ2v) is 8.08. The second kappa shape index (κ2) is 10.9. The van der Waals surface area contributed by atoms with Gasteiger partial charge in [0.05, 0.1) is 19.3 Å². The van der Waals surface area contributed by atoms with Crippen molar-refractivity contribution < 1.29 is 14.3 Å². The molecule has 0 aliphatic carbocycles. The Morgan fingerprint density at radius 2 is 1.66 bits per heavy atom. The van der Waals surface area contributed by atoms with Gasteiger partial charge >= 0.3 is 0 Å². The number of amides is 1. The molecule has 1 atom stereocenters. The van der Waals surface area contributed by atoms with Gasteiger partial charge in [0.1, 0.15) is 12.4 Å². The van der Waals surface area contributed by atoms with Crippen molar-refractivity contribution in [2.75, 3.05) is 32.8 Å². The standard InChI is InChI=1S/C27H30N2O3/c1-21-7-11-23(12-8-21)26(29-15-17-31-18-16-29)19-28-27(30)24-13-9-22(10-14-24)20-32-25-5-3-2-4-6-25/h2-14,26H,15-20H2,1H3,(H,28,30). The Morgan fingerprint density at radius 1 is 0.969 bits per heavy atom. The van der Waals surface area contributed by atoms with Crippen molar-refractivity contribution in [1.82, 2.24) is 10.2 Å². The van der Waals surface area contributed by atoms with E-state index in [1.54, 1.807) is 0 Å².